The van der Waals surface area contributed by atoms with Gasteiger partial charge in [0.1, 0.15) is 11.6 Å². The molecule has 3 atom stereocenters. The second kappa shape index (κ2) is 6.54. The third-order valence-electron chi connectivity index (χ3n) is 6.54. The molecule has 150 valence electrons. The fraction of sp³-hybridized carbons (Fsp3) is 0.409. The van der Waals surface area contributed by atoms with Crippen molar-refractivity contribution < 1.29 is 9.18 Å². The lowest BCUT2D eigenvalue weighted by atomic mass is 9.89. The van der Waals surface area contributed by atoms with Crippen LogP contribution in [0.2, 0.25) is 0 Å². The summed E-state index contributed by atoms with van der Waals surface area (Å²) in [4.78, 5) is 21.2. The maximum atomic E-state index is 13.9. The summed E-state index contributed by atoms with van der Waals surface area (Å²) >= 11 is 0. The first kappa shape index (κ1) is 18.1. The number of anilines is 1. The highest BCUT2D eigenvalue weighted by atomic mass is 19.1. The quantitative estimate of drug-likeness (QED) is 0.671. The number of rotatable bonds is 2. The standard InChI is InChI=1S/C22H24FN5O/c1-13-14(2)25-20-7-8-24-28(20)22(13)26-10-17-11-27(15(3)29)21(19(17)12-26)16-5-4-6-18(23)9-16/h4-9,17,19,21H,10-12H2,1-3H3/t17-,19-,21-/m1/s1. The van der Waals surface area contributed by atoms with Crippen molar-refractivity contribution in [3.8, 4) is 0 Å². The lowest BCUT2D eigenvalue weighted by Crippen LogP contribution is -2.35. The van der Waals surface area contributed by atoms with Crippen molar-refractivity contribution in [3.63, 3.8) is 0 Å². The minimum absolute atomic E-state index is 0.0469. The summed E-state index contributed by atoms with van der Waals surface area (Å²) in [6.45, 7) is 8.06. The molecule has 2 aliphatic heterocycles. The van der Waals surface area contributed by atoms with Gasteiger partial charge in [0, 0.05) is 55.7 Å². The Morgan fingerprint density at radius 1 is 1.17 bits per heavy atom. The minimum Gasteiger partial charge on any atom is -0.355 e. The highest BCUT2D eigenvalue weighted by molar-refractivity contribution is 5.74. The Labute approximate surface area is 168 Å². The lowest BCUT2D eigenvalue weighted by molar-refractivity contribution is -0.130. The van der Waals surface area contributed by atoms with E-state index in [1.807, 2.05) is 28.5 Å². The Hall–Kier alpha value is -2.96. The summed E-state index contributed by atoms with van der Waals surface area (Å²) in [5.74, 6) is 1.44. The predicted octanol–water partition coefficient (Wildman–Crippen LogP) is 3.14. The molecule has 0 bridgehead atoms. The van der Waals surface area contributed by atoms with Crippen LogP contribution >= 0.6 is 0 Å². The van der Waals surface area contributed by atoms with Crippen LogP contribution in [0.5, 0.6) is 0 Å². The zero-order chi connectivity index (χ0) is 20.3. The molecule has 0 N–H and O–H groups in total. The average Bonchev–Trinajstić information content (AvgIpc) is 3.36. The van der Waals surface area contributed by atoms with E-state index in [4.69, 9.17) is 0 Å². The highest BCUT2D eigenvalue weighted by Gasteiger charge is 2.49. The van der Waals surface area contributed by atoms with Gasteiger partial charge in [-0.15, -0.1) is 0 Å². The Bertz CT molecular complexity index is 1110. The first-order valence-corrected chi connectivity index (χ1v) is 10.0. The Balaban J connectivity index is 1.54. The van der Waals surface area contributed by atoms with Crippen molar-refractivity contribution >= 4 is 17.4 Å². The largest absolute Gasteiger partial charge is 0.355 e. The van der Waals surface area contributed by atoms with Crippen molar-refractivity contribution in [2.24, 2.45) is 11.8 Å². The fourth-order valence-electron chi connectivity index (χ4n) is 5.15. The molecular formula is C22H24FN5O. The van der Waals surface area contributed by atoms with Crippen LogP contribution in [0.4, 0.5) is 10.2 Å². The van der Waals surface area contributed by atoms with E-state index in [1.165, 1.54) is 6.07 Å². The molecule has 4 heterocycles. The lowest BCUT2D eigenvalue weighted by Gasteiger charge is -2.30. The Morgan fingerprint density at radius 2 is 2.00 bits per heavy atom. The number of nitrogens with zero attached hydrogens (tertiary/aromatic N) is 5. The van der Waals surface area contributed by atoms with Gasteiger partial charge in [-0.1, -0.05) is 12.1 Å². The van der Waals surface area contributed by atoms with Gasteiger partial charge in [0.2, 0.25) is 5.91 Å². The van der Waals surface area contributed by atoms with E-state index in [9.17, 15) is 9.18 Å². The maximum absolute atomic E-state index is 13.9. The monoisotopic (exact) mass is 393 g/mol. The van der Waals surface area contributed by atoms with Crippen LogP contribution in [0, 0.1) is 31.5 Å². The number of carbonyl (C=O) groups excluding carboxylic acids is 1. The van der Waals surface area contributed by atoms with Crippen molar-refractivity contribution in [1.29, 1.82) is 0 Å². The van der Waals surface area contributed by atoms with Gasteiger partial charge in [-0.25, -0.2) is 9.37 Å². The van der Waals surface area contributed by atoms with Crippen molar-refractivity contribution in [1.82, 2.24) is 19.5 Å². The van der Waals surface area contributed by atoms with Gasteiger partial charge in [-0.2, -0.15) is 9.61 Å². The fourth-order valence-corrected chi connectivity index (χ4v) is 5.15. The summed E-state index contributed by atoms with van der Waals surface area (Å²) in [5.41, 5.74) is 3.83. The number of fused-ring (bicyclic) bond motifs is 2. The van der Waals surface area contributed by atoms with E-state index >= 15 is 0 Å². The van der Waals surface area contributed by atoms with Crippen LogP contribution in [0.25, 0.3) is 5.65 Å². The second-order valence-corrected chi connectivity index (χ2v) is 8.25. The van der Waals surface area contributed by atoms with Crippen LogP contribution in [-0.2, 0) is 4.79 Å². The summed E-state index contributed by atoms with van der Waals surface area (Å²) < 4.78 is 15.8. The Kier molecular flexibility index (Phi) is 4.08. The van der Waals surface area contributed by atoms with Gasteiger partial charge in [-0.05, 0) is 31.5 Å². The summed E-state index contributed by atoms with van der Waals surface area (Å²) in [5, 5.41) is 4.49. The molecule has 0 aliphatic carbocycles. The summed E-state index contributed by atoms with van der Waals surface area (Å²) in [7, 11) is 0. The zero-order valence-electron chi connectivity index (χ0n) is 16.8. The number of aromatic nitrogens is 3. The molecule has 0 radical (unpaired) electrons. The number of halogens is 1. The molecule has 2 fully saturated rings. The first-order chi connectivity index (χ1) is 13.9. The average molecular weight is 393 g/mol. The third-order valence-corrected chi connectivity index (χ3v) is 6.54. The number of benzene rings is 1. The van der Waals surface area contributed by atoms with E-state index in [-0.39, 0.29) is 23.7 Å². The molecule has 2 aromatic heterocycles. The number of hydrogen-bond acceptors (Lipinski definition) is 4. The predicted molar refractivity (Wildman–Crippen MR) is 108 cm³/mol. The number of amides is 1. The molecule has 0 saturated carbocycles. The molecule has 2 saturated heterocycles. The second-order valence-electron chi connectivity index (χ2n) is 8.25. The summed E-state index contributed by atoms with van der Waals surface area (Å²) in [6, 6.07) is 8.50. The highest BCUT2D eigenvalue weighted by Crippen LogP contribution is 2.46. The molecule has 5 rings (SSSR count). The first-order valence-electron chi connectivity index (χ1n) is 10.0. The number of aryl methyl sites for hydroxylation is 1. The third kappa shape index (κ3) is 2.79. The van der Waals surface area contributed by atoms with Gasteiger partial charge in [-0.3, -0.25) is 4.79 Å². The molecule has 1 amide bonds. The van der Waals surface area contributed by atoms with Crippen LogP contribution < -0.4 is 4.90 Å². The molecule has 7 heteroatoms. The van der Waals surface area contributed by atoms with Crippen LogP contribution in [0.15, 0.2) is 36.5 Å². The van der Waals surface area contributed by atoms with Crippen molar-refractivity contribution in [2.75, 3.05) is 24.5 Å². The topological polar surface area (TPSA) is 53.7 Å². The van der Waals surface area contributed by atoms with Gasteiger partial charge in [0.05, 0.1) is 12.2 Å². The van der Waals surface area contributed by atoms with E-state index in [0.29, 0.717) is 12.5 Å². The van der Waals surface area contributed by atoms with Gasteiger partial charge >= 0.3 is 0 Å². The van der Waals surface area contributed by atoms with Crippen LogP contribution in [0.3, 0.4) is 0 Å². The minimum atomic E-state index is -0.261. The van der Waals surface area contributed by atoms with E-state index in [0.717, 1.165) is 41.4 Å². The normalized spacial score (nSPS) is 23.8. The maximum Gasteiger partial charge on any atom is 0.219 e. The van der Waals surface area contributed by atoms with E-state index in [2.05, 4.69) is 21.9 Å². The summed E-state index contributed by atoms with van der Waals surface area (Å²) in [6.07, 6.45) is 1.77. The molecule has 3 aromatic rings. The van der Waals surface area contributed by atoms with E-state index < -0.39 is 0 Å². The zero-order valence-corrected chi connectivity index (χ0v) is 16.8. The van der Waals surface area contributed by atoms with Crippen LogP contribution in [0.1, 0.15) is 29.8 Å². The number of hydrogen-bond donors (Lipinski definition) is 0. The molecule has 0 unspecified atom stereocenters. The molecule has 29 heavy (non-hydrogen) atoms. The van der Waals surface area contributed by atoms with Gasteiger partial charge in [0.15, 0.2) is 5.65 Å². The molecule has 1 aromatic carbocycles. The van der Waals surface area contributed by atoms with Crippen LogP contribution in [-0.4, -0.2) is 45.0 Å². The van der Waals surface area contributed by atoms with E-state index in [1.54, 1.807) is 25.3 Å². The molecule has 6 nitrogen and oxygen atoms in total. The molecular weight excluding hydrogens is 369 g/mol. The van der Waals surface area contributed by atoms with Gasteiger partial charge < -0.3 is 9.80 Å². The smallest absolute Gasteiger partial charge is 0.219 e. The molecule has 2 aliphatic rings. The van der Waals surface area contributed by atoms with Crippen molar-refractivity contribution in [2.45, 2.75) is 26.8 Å². The van der Waals surface area contributed by atoms with Gasteiger partial charge in [0.25, 0.3) is 0 Å². The number of carbonyl (C=O) groups is 1. The SMILES string of the molecule is CC(=O)N1C[C@H]2CN(c3c(C)c(C)nc4ccnn34)C[C@H]2[C@H]1c1cccc(F)c1. The molecule has 0 spiro atoms. The number of likely N-dealkylation sites (tertiary alicyclic amines) is 1. The van der Waals surface area contributed by atoms with Crippen molar-refractivity contribution in [3.05, 3.63) is 59.2 Å². The Morgan fingerprint density at radius 3 is 2.76 bits per heavy atom.